The molecular weight excluding hydrogens is 465 g/mol. The molecule has 180 valence electrons. The zero-order valence-electron chi connectivity index (χ0n) is 19.9. The van der Waals surface area contributed by atoms with Crippen LogP contribution in [0.3, 0.4) is 0 Å². The van der Waals surface area contributed by atoms with E-state index < -0.39 is 5.82 Å². The molecule has 35 heavy (non-hydrogen) atoms. The van der Waals surface area contributed by atoms with Crippen molar-refractivity contribution < 1.29 is 14.2 Å². The smallest absolute Gasteiger partial charge is 0.159 e. The lowest BCUT2D eigenvalue weighted by Gasteiger charge is -2.24. The molecule has 2 aliphatic rings. The Morgan fingerprint density at radius 1 is 1.43 bits per heavy atom. The van der Waals surface area contributed by atoms with Gasteiger partial charge >= 0.3 is 0 Å². The van der Waals surface area contributed by atoms with Crippen LogP contribution in [0.15, 0.2) is 11.2 Å². The van der Waals surface area contributed by atoms with E-state index in [1.54, 1.807) is 6.20 Å². The molecule has 0 amide bonds. The lowest BCUT2D eigenvalue weighted by Crippen LogP contribution is -2.34. The number of likely N-dealkylation sites (tertiary alicyclic amines) is 1. The molecule has 0 aliphatic carbocycles. The SMILES string of the molecule is C=c1c(O)c(-c2ncc(F)c3sc(N)c(C#N)c23)c2c(/c1=C/N=C(C)N1CCC(C)C1C)COC2. The highest BCUT2D eigenvalue weighted by molar-refractivity contribution is 7.23. The van der Waals surface area contributed by atoms with Gasteiger partial charge in [0.05, 0.1) is 35.4 Å². The number of phenols is 1. The number of benzene rings is 1. The van der Waals surface area contributed by atoms with E-state index in [0.717, 1.165) is 47.5 Å². The predicted molar refractivity (Wildman–Crippen MR) is 137 cm³/mol. The largest absolute Gasteiger partial charge is 0.507 e. The molecule has 9 heteroatoms. The van der Waals surface area contributed by atoms with Crippen LogP contribution in [0, 0.1) is 23.1 Å². The van der Waals surface area contributed by atoms with Crippen molar-refractivity contribution in [3.63, 3.8) is 0 Å². The number of nitriles is 1. The van der Waals surface area contributed by atoms with Crippen molar-refractivity contribution in [1.82, 2.24) is 9.88 Å². The number of nitrogens with two attached hydrogens (primary N) is 1. The number of phenolic OH excluding ortho intramolecular Hbond substituents is 1. The van der Waals surface area contributed by atoms with Crippen LogP contribution in [-0.4, -0.2) is 33.4 Å². The maximum atomic E-state index is 14.5. The Labute approximate surface area is 206 Å². The summed E-state index contributed by atoms with van der Waals surface area (Å²) >= 11 is 0.992. The first kappa shape index (κ1) is 23.3. The van der Waals surface area contributed by atoms with E-state index in [1.807, 2.05) is 6.92 Å². The monoisotopic (exact) mass is 491 g/mol. The molecule has 0 saturated carbocycles. The van der Waals surface area contributed by atoms with Gasteiger partial charge in [-0.05, 0) is 37.3 Å². The number of pyridine rings is 1. The molecule has 3 N–H and O–H groups in total. The van der Waals surface area contributed by atoms with Crippen LogP contribution in [0.1, 0.15) is 43.9 Å². The van der Waals surface area contributed by atoms with E-state index >= 15 is 0 Å². The molecule has 0 radical (unpaired) electrons. The summed E-state index contributed by atoms with van der Waals surface area (Å²) in [5.74, 6) is 0.857. The number of amidine groups is 1. The van der Waals surface area contributed by atoms with Crippen molar-refractivity contribution >= 4 is 45.0 Å². The summed E-state index contributed by atoms with van der Waals surface area (Å²) in [5.41, 5.74) is 8.41. The molecule has 1 fully saturated rings. The molecule has 4 heterocycles. The van der Waals surface area contributed by atoms with Gasteiger partial charge in [-0.25, -0.2) is 9.38 Å². The van der Waals surface area contributed by atoms with Crippen molar-refractivity contribution in [2.75, 3.05) is 12.3 Å². The van der Waals surface area contributed by atoms with Crippen molar-refractivity contribution in [2.24, 2.45) is 10.9 Å². The molecule has 2 aromatic heterocycles. The van der Waals surface area contributed by atoms with Crippen molar-refractivity contribution in [3.8, 4) is 23.1 Å². The number of nitrogens with zero attached hydrogens (tertiary/aromatic N) is 4. The molecular formula is C26H26FN5O2S. The van der Waals surface area contributed by atoms with Gasteiger partial charge in [0, 0.05) is 40.2 Å². The molecule has 2 unspecified atom stereocenters. The van der Waals surface area contributed by atoms with Gasteiger partial charge in [0.25, 0.3) is 0 Å². The Morgan fingerprint density at radius 2 is 2.17 bits per heavy atom. The van der Waals surface area contributed by atoms with E-state index in [-0.39, 0.29) is 27.6 Å². The number of aromatic nitrogens is 1. The van der Waals surface area contributed by atoms with Crippen molar-refractivity contribution in [3.05, 3.63) is 39.1 Å². The van der Waals surface area contributed by atoms with E-state index in [0.29, 0.717) is 45.6 Å². The van der Waals surface area contributed by atoms with Gasteiger partial charge in [0.1, 0.15) is 22.7 Å². The number of nitrogen functional groups attached to an aromatic ring is 1. The fourth-order valence-electron chi connectivity index (χ4n) is 5.08. The first-order valence-electron chi connectivity index (χ1n) is 11.5. The maximum absolute atomic E-state index is 14.5. The number of rotatable bonds is 2. The maximum Gasteiger partial charge on any atom is 0.159 e. The van der Waals surface area contributed by atoms with Crippen LogP contribution in [-0.2, 0) is 18.0 Å². The summed E-state index contributed by atoms with van der Waals surface area (Å²) in [6.45, 7) is 12.1. The minimum absolute atomic E-state index is 0.0921. The minimum atomic E-state index is -0.565. The average molecular weight is 492 g/mol. The number of hydrogen-bond acceptors (Lipinski definition) is 7. The van der Waals surface area contributed by atoms with Crippen LogP contribution in [0.2, 0.25) is 0 Å². The summed E-state index contributed by atoms with van der Waals surface area (Å²) in [6, 6.07) is 2.47. The summed E-state index contributed by atoms with van der Waals surface area (Å²) in [4.78, 5) is 11.3. The fraction of sp³-hybridized carbons (Fsp3) is 0.346. The normalized spacial score (nSPS) is 20.6. The van der Waals surface area contributed by atoms with Crippen molar-refractivity contribution in [1.29, 1.82) is 5.26 Å². The fourth-order valence-corrected chi connectivity index (χ4v) is 6.00. The molecule has 1 aromatic carbocycles. The number of halogens is 1. The number of hydrogen-bond donors (Lipinski definition) is 2. The first-order chi connectivity index (χ1) is 16.7. The second-order valence-electron chi connectivity index (χ2n) is 9.18. The third kappa shape index (κ3) is 3.56. The number of thiophene rings is 1. The molecule has 1 saturated heterocycles. The number of aromatic hydroxyl groups is 1. The molecule has 3 aromatic rings. The van der Waals surface area contributed by atoms with Gasteiger partial charge in [-0.2, -0.15) is 5.26 Å². The number of anilines is 1. The van der Waals surface area contributed by atoms with Gasteiger partial charge < -0.3 is 20.5 Å². The number of fused-ring (bicyclic) bond motifs is 2. The van der Waals surface area contributed by atoms with Gasteiger partial charge in [-0.3, -0.25) is 4.98 Å². The third-order valence-corrected chi connectivity index (χ3v) is 8.34. The molecule has 2 atom stereocenters. The second kappa shape index (κ2) is 8.63. The van der Waals surface area contributed by atoms with Gasteiger partial charge in [-0.1, -0.05) is 13.5 Å². The zero-order valence-corrected chi connectivity index (χ0v) is 20.7. The van der Waals surface area contributed by atoms with E-state index in [2.05, 4.69) is 36.4 Å². The lowest BCUT2D eigenvalue weighted by atomic mass is 9.94. The average Bonchev–Trinajstić information content (AvgIpc) is 3.53. The third-order valence-electron chi connectivity index (χ3n) is 7.31. The standard InChI is InChI=1S/C26H26FN5O2S/c1-12-5-6-32(14(12)3)15(4)30-8-17-13(2)24(33)21(19-11-34-10-18(17)19)23-22-16(7-28)26(29)35-25(22)20(27)9-31-23/h8-9,12,14,33H,2,5-6,10-11,29H2,1,3-4H3/b17-8+,30-15?. The Morgan fingerprint density at radius 3 is 2.86 bits per heavy atom. The van der Waals surface area contributed by atoms with Crippen LogP contribution in [0.4, 0.5) is 9.39 Å². The predicted octanol–water partition coefficient (Wildman–Crippen LogP) is 3.59. The highest BCUT2D eigenvalue weighted by atomic mass is 32.1. The Balaban J connectivity index is 1.73. The van der Waals surface area contributed by atoms with Gasteiger partial charge in [-0.15, -0.1) is 11.3 Å². The van der Waals surface area contributed by atoms with E-state index in [4.69, 9.17) is 15.5 Å². The number of ether oxygens (including phenoxy) is 1. The molecule has 5 rings (SSSR count). The van der Waals surface area contributed by atoms with Crippen molar-refractivity contribution in [2.45, 2.75) is 46.4 Å². The molecule has 7 nitrogen and oxygen atoms in total. The van der Waals surface area contributed by atoms with Crippen LogP contribution in [0.25, 0.3) is 34.1 Å². The van der Waals surface area contributed by atoms with Crippen LogP contribution >= 0.6 is 11.3 Å². The topological polar surface area (TPSA) is 108 Å². The van der Waals surface area contributed by atoms with Gasteiger partial charge in [0.15, 0.2) is 5.82 Å². The summed E-state index contributed by atoms with van der Waals surface area (Å²) in [7, 11) is 0. The van der Waals surface area contributed by atoms with E-state index in [1.165, 1.54) is 0 Å². The van der Waals surface area contributed by atoms with Gasteiger partial charge in [0.2, 0.25) is 0 Å². The first-order valence-corrected chi connectivity index (χ1v) is 12.3. The van der Waals surface area contributed by atoms with E-state index in [9.17, 15) is 14.8 Å². The molecule has 0 spiro atoms. The Hall–Kier alpha value is -3.48. The quantitative estimate of drug-likeness (QED) is 0.419. The summed E-state index contributed by atoms with van der Waals surface area (Å²) < 4.78 is 20.5. The van der Waals surface area contributed by atoms with Crippen LogP contribution in [0.5, 0.6) is 5.75 Å². The Kier molecular flexibility index (Phi) is 5.74. The minimum Gasteiger partial charge on any atom is -0.507 e. The zero-order chi connectivity index (χ0) is 25.0. The molecule has 2 aliphatic heterocycles. The second-order valence-corrected chi connectivity index (χ2v) is 10.2. The lowest BCUT2D eigenvalue weighted by molar-refractivity contribution is 0.134. The Bertz CT molecular complexity index is 1560. The summed E-state index contributed by atoms with van der Waals surface area (Å²) in [5, 5.41) is 22.6. The highest BCUT2D eigenvalue weighted by Crippen LogP contribution is 2.43. The molecule has 0 bridgehead atoms. The number of aliphatic imine (C=N–C) groups is 1. The summed E-state index contributed by atoms with van der Waals surface area (Å²) in [6.07, 6.45) is 3.96. The highest BCUT2D eigenvalue weighted by Gasteiger charge is 2.29. The van der Waals surface area contributed by atoms with Crippen LogP contribution < -0.4 is 16.2 Å².